The highest BCUT2D eigenvalue weighted by atomic mass is 35.5. The van der Waals surface area contributed by atoms with Gasteiger partial charge in [0.2, 0.25) is 0 Å². The van der Waals surface area contributed by atoms with Gasteiger partial charge in [-0.1, -0.05) is 19.3 Å². The molecule has 0 saturated heterocycles. The summed E-state index contributed by atoms with van der Waals surface area (Å²) < 4.78 is 4.85. The highest BCUT2D eigenvalue weighted by Gasteiger charge is 2.31. The minimum absolute atomic E-state index is 0.0949. The standard InChI is InChI=1S/C10H16ClNO3/c11-6-8(13)9(15-10(12)14)7-4-2-1-3-5-7/h7,9H,1-6H2,(H2,12,14). The molecule has 0 spiro atoms. The number of primary amides is 1. The largest absolute Gasteiger partial charge is 0.438 e. The molecule has 1 fully saturated rings. The quantitative estimate of drug-likeness (QED) is 0.754. The van der Waals surface area contributed by atoms with E-state index in [-0.39, 0.29) is 17.6 Å². The van der Waals surface area contributed by atoms with Crippen molar-refractivity contribution in [2.75, 3.05) is 5.88 Å². The van der Waals surface area contributed by atoms with Crippen LogP contribution in [-0.2, 0) is 9.53 Å². The summed E-state index contributed by atoms with van der Waals surface area (Å²) in [6.45, 7) is 0. The van der Waals surface area contributed by atoms with Crippen LogP contribution in [0.3, 0.4) is 0 Å². The van der Waals surface area contributed by atoms with E-state index in [4.69, 9.17) is 22.1 Å². The number of carbonyl (C=O) groups excluding carboxylic acids is 2. The van der Waals surface area contributed by atoms with Gasteiger partial charge >= 0.3 is 6.09 Å². The van der Waals surface area contributed by atoms with Gasteiger partial charge in [-0.3, -0.25) is 4.79 Å². The molecule has 5 heteroatoms. The number of alkyl halides is 1. The maximum absolute atomic E-state index is 11.5. The van der Waals surface area contributed by atoms with Gasteiger partial charge in [-0.2, -0.15) is 0 Å². The maximum Gasteiger partial charge on any atom is 0.405 e. The minimum Gasteiger partial charge on any atom is -0.438 e. The van der Waals surface area contributed by atoms with Crippen LogP contribution in [0.15, 0.2) is 0 Å². The predicted molar refractivity (Wildman–Crippen MR) is 56.8 cm³/mol. The number of hydrogen-bond donors (Lipinski definition) is 1. The molecule has 1 rings (SSSR count). The van der Waals surface area contributed by atoms with Crippen LogP contribution in [0.5, 0.6) is 0 Å². The Labute approximate surface area is 94.1 Å². The van der Waals surface area contributed by atoms with Crippen molar-refractivity contribution in [2.24, 2.45) is 11.7 Å². The summed E-state index contributed by atoms with van der Waals surface area (Å²) in [5, 5.41) is 0. The van der Waals surface area contributed by atoms with Crippen molar-refractivity contribution in [3.63, 3.8) is 0 Å². The van der Waals surface area contributed by atoms with Gasteiger partial charge in [0.15, 0.2) is 11.9 Å². The van der Waals surface area contributed by atoms with Crippen molar-refractivity contribution in [3.8, 4) is 0 Å². The fourth-order valence-corrected chi connectivity index (χ4v) is 2.22. The molecule has 0 heterocycles. The SMILES string of the molecule is NC(=O)OC(C(=O)CCl)C1CCCCC1. The smallest absolute Gasteiger partial charge is 0.405 e. The van der Waals surface area contributed by atoms with Crippen LogP contribution in [0, 0.1) is 5.92 Å². The second-order valence-electron chi connectivity index (χ2n) is 3.86. The van der Waals surface area contributed by atoms with E-state index in [1.54, 1.807) is 0 Å². The Morgan fingerprint density at radius 2 is 1.93 bits per heavy atom. The lowest BCUT2D eigenvalue weighted by Crippen LogP contribution is -2.38. The summed E-state index contributed by atoms with van der Waals surface area (Å²) in [7, 11) is 0. The van der Waals surface area contributed by atoms with Gasteiger partial charge in [0, 0.05) is 5.92 Å². The second-order valence-corrected chi connectivity index (χ2v) is 4.12. The van der Waals surface area contributed by atoms with Crippen LogP contribution in [0.1, 0.15) is 32.1 Å². The third-order valence-electron chi connectivity index (χ3n) is 2.77. The molecule has 1 amide bonds. The van der Waals surface area contributed by atoms with E-state index in [0.717, 1.165) is 25.7 Å². The normalized spacial score (nSPS) is 19.5. The minimum atomic E-state index is -0.899. The molecule has 0 bridgehead atoms. The summed E-state index contributed by atoms with van der Waals surface area (Å²) in [6, 6.07) is 0. The molecule has 0 aromatic heterocycles. The first-order chi connectivity index (χ1) is 7.15. The molecule has 0 aromatic carbocycles. The van der Waals surface area contributed by atoms with E-state index in [1.807, 2.05) is 0 Å². The number of ketones is 1. The van der Waals surface area contributed by atoms with Crippen molar-refractivity contribution in [1.29, 1.82) is 0 Å². The molecule has 0 radical (unpaired) electrons. The summed E-state index contributed by atoms with van der Waals surface area (Å²) in [5.74, 6) is -0.283. The fraction of sp³-hybridized carbons (Fsp3) is 0.800. The number of hydrogen-bond acceptors (Lipinski definition) is 3. The van der Waals surface area contributed by atoms with Gasteiger partial charge < -0.3 is 10.5 Å². The van der Waals surface area contributed by atoms with Crippen molar-refractivity contribution < 1.29 is 14.3 Å². The lowest BCUT2D eigenvalue weighted by molar-refractivity contribution is -0.128. The first-order valence-electron chi connectivity index (χ1n) is 5.20. The van der Waals surface area contributed by atoms with Crippen LogP contribution in [0.2, 0.25) is 0 Å². The molecule has 86 valence electrons. The maximum atomic E-state index is 11.5. The Morgan fingerprint density at radius 3 is 2.40 bits per heavy atom. The average Bonchev–Trinajstić information content (AvgIpc) is 2.26. The van der Waals surface area contributed by atoms with Crippen LogP contribution in [0.25, 0.3) is 0 Å². The number of Topliss-reactive ketones (excluding diaryl/α,β-unsaturated/α-hetero) is 1. The Kier molecular flexibility index (Phi) is 4.88. The first-order valence-corrected chi connectivity index (χ1v) is 5.73. The lowest BCUT2D eigenvalue weighted by Gasteiger charge is -2.27. The molecule has 0 aromatic rings. The molecule has 1 unspecified atom stereocenters. The van der Waals surface area contributed by atoms with E-state index in [1.165, 1.54) is 6.42 Å². The third kappa shape index (κ3) is 3.70. The fourth-order valence-electron chi connectivity index (χ4n) is 2.06. The van der Waals surface area contributed by atoms with Crippen LogP contribution in [0.4, 0.5) is 4.79 Å². The summed E-state index contributed by atoms with van der Waals surface area (Å²) >= 11 is 5.47. The van der Waals surface area contributed by atoms with Gasteiger partial charge in [0.1, 0.15) is 0 Å². The first kappa shape index (κ1) is 12.3. The van der Waals surface area contributed by atoms with E-state index in [0.29, 0.717) is 0 Å². The van der Waals surface area contributed by atoms with Gasteiger partial charge in [-0.25, -0.2) is 4.79 Å². The molecule has 15 heavy (non-hydrogen) atoms. The highest BCUT2D eigenvalue weighted by molar-refractivity contribution is 6.28. The van der Waals surface area contributed by atoms with E-state index >= 15 is 0 Å². The average molecular weight is 234 g/mol. The van der Waals surface area contributed by atoms with E-state index in [2.05, 4.69) is 0 Å². The zero-order chi connectivity index (χ0) is 11.3. The number of ether oxygens (including phenoxy) is 1. The van der Waals surface area contributed by atoms with Crippen LogP contribution < -0.4 is 5.73 Å². The molecule has 1 aliphatic rings. The Balaban J connectivity index is 2.60. The summed E-state index contributed by atoms with van der Waals surface area (Å²) in [4.78, 5) is 22.2. The summed E-state index contributed by atoms with van der Waals surface area (Å²) in [6.07, 6.45) is 3.48. The molecule has 1 saturated carbocycles. The zero-order valence-electron chi connectivity index (χ0n) is 8.58. The van der Waals surface area contributed by atoms with E-state index in [9.17, 15) is 9.59 Å². The highest BCUT2D eigenvalue weighted by Crippen LogP contribution is 2.28. The number of nitrogens with two attached hydrogens (primary N) is 1. The monoisotopic (exact) mass is 233 g/mol. The molecule has 1 atom stereocenters. The number of rotatable bonds is 4. The van der Waals surface area contributed by atoms with Gasteiger partial charge in [-0.15, -0.1) is 11.6 Å². The predicted octanol–water partition coefficient (Wildman–Crippen LogP) is 1.84. The zero-order valence-corrected chi connectivity index (χ0v) is 9.33. The number of halogens is 1. The third-order valence-corrected chi connectivity index (χ3v) is 3.03. The molecule has 2 N–H and O–H groups in total. The number of amides is 1. The molecular formula is C10H16ClNO3. The topological polar surface area (TPSA) is 69.4 Å². The molecule has 1 aliphatic carbocycles. The Morgan fingerprint density at radius 1 is 1.33 bits per heavy atom. The van der Waals surface area contributed by atoms with Gasteiger partial charge in [0.05, 0.1) is 5.88 Å². The van der Waals surface area contributed by atoms with Gasteiger partial charge in [-0.05, 0) is 12.8 Å². The van der Waals surface area contributed by atoms with Crippen LogP contribution in [-0.4, -0.2) is 23.9 Å². The van der Waals surface area contributed by atoms with Gasteiger partial charge in [0.25, 0.3) is 0 Å². The van der Waals surface area contributed by atoms with Crippen molar-refractivity contribution in [1.82, 2.24) is 0 Å². The van der Waals surface area contributed by atoms with Crippen molar-refractivity contribution in [2.45, 2.75) is 38.2 Å². The van der Waals surface area contributed by atoms with Crippen LogP contribution >= 0.6 is 11.6 Å². The Bertz CT molecular complexity index is 239. The molecular weight excluding hydrogens is 218 g/mol. The Hall–Kier alpha value is -0.770. The van der Waals surface area contributed by atoms with Crippen molar-refractivity contribution >= 4 is 23.5 Å². The number of carbonyl (C=O) groups is 2. The molecule has 4 nitrogen and oxygen atoms in total. The molecule has 0 aliphatic heterocycles. The lowest BCUT2D eigenvalue weighted by atomic mass is 9.84. The van der Waals surface area contributed by atoms with Crippen molar-refractivity contribution in [3.05, 3.63) is 0 Å². The second kappa shape index (κ2) is 5.95. The summed E-state index contributed by atoms with van der Waals surface area (Å²) in [5.41, 5.74) is 4.94. The van der Waals surface area contributed by atoms with E-state index < -0.39 is 12.2 Å².